The van der Waals surface area contributed by atoms with E-state index in [-0.39, 0.29) is 0 Å². The molecule has 1 aliphatic rings. The number of thioether (sulfide) groups is 1. The molecule has 0 spiro atoms. The van der Waals surface area contributed by atoms with Crippen LogP contribution in [0.15, 0.2) is 11.6 Å². The molecule has 0 N–H and O–H groups in total. The van der Waals surface area contributed by atoms with E-state index in [1.54, 1.807) is 5.57 Å². The highest BCUT2D eigenvalue weighted by atomic mass is 32.2. The Morgan fingerprint density at radius 1 is 1.50 bits per heavy atom. The van der Waals surface area contributed by atoms with Crippen LogP contribution in [0.25, 0.3) is 0 Å². The van der Waals surface area contributed by atoms with Crippen LogP contribution in [-0.4, -0.2) is 11.5 Å². The summed E-state index contributed by atoms with van der Waals surface area (Å²) in [5, 5.41) is 0.764. The van der Waals surface area contributed by atoms with Crippen molar-refractivity contribution < 1.29 is 0 Å². The van der Waals surface area contributed by atoms with Crippen molar-refractivity contribution >= 4 is 11.8 Å². The van der Waals surface area contributed by atoms with Crippen molar-refractivity contribution in [3.8, 4) is 0 Å². The quantitative estimate of drug-likeness (QED) is 0.553. The highest BCUT2D eigenvalue weighted by Gasteiger charge is 2.09. The van der Waals surface area contributed by atoms with E-state index in [0.717, 1.165) is 5.25 Å². The maximum Gasteiger partial charge on any atom is 0.0225 e. The molecular formula is C9H16S. The van der Waals surface area contributed by atoms with Crippen LogP contribution in [0.3, 0.4) is 0 Å². The Labute approximate surface area is 68.1 Å². The summed E-state index contributed by atoms with van der Waals surface area (Å²) in [6.45, 7) is 2.31. The summed E-state index contributed by atoms with van der Waals surface area (Å²) in [5.74, 6) is 0. The average molecular weight is 156 g/mol. The number of hydrogen-bond acceptors (Lipinski definition) is 1. The minimum absolute atomic E-state index is 0.764. The minimum atomic E-state index is 0.764. The molecule has 0 nitrogen and oxygen atoms in total. The number of allylic oxidation sites excluding steroid dienone is 1. The number of hydrogen-bond donors (Lipinski definition) is 0. The fourth-order valence-electron chi connectivity index (χ4n) is 1.38. The van der Waals surface area contributed by atoms with Crippen LogP contribution in [0.5, 0.6) is 0 Å². The predicted octanol–water partition coefficient (Wildman–Crippen LogP) is 3.24. The highest BCUT2D eigenvalue weighted by molar-refractivity contribution is 7.99. The second-order valence-corrected chi connectivity index (χ2v) is 4.08. The Hall–Kier alpha value is 0.0900. The molecule has 0 saturated heterocycles. The largest absolute Gasteiger partial charge is 0.158 e. The molecule has 0 heterocycles. The smallest absolute Gasteiger partial charge is 0.0225 e. The van der Waals surface area contributed by atoms with Gasteiger partial charge in [0.2, 0.25) is 0 Å². The molecule has 1 aliphatic carbocycles. The minimum Gasteiger partial charge on any atom is -0.158 e. The topological polar surface area (TPSA) is 0 Å². The zero-order valence-corrected chi connectivity index (χ0v) is 7.71. The third-order valence-corrected chi connectivity index (χ3v) is 3.21. The Kier molecular flexibility index (Phi) is 3.33. The van der Waals surface area contributed by atoms with Gasteiger partial charge in [-0.1, -0.05) is 11.6 Å². The van der Waals surface area contributed by atoms with Crippen molar-refractivity contribution in [2.75, 3.05) is 6.26 Å². The Morgan fingerprint density at radius 3 is 2.80 bits per heavy atom. The molecule has 0 saturated carbocycles. The second kappa shape index (κ2) is 4.07. The zero-order chi connectivity index (χ0) is 7.40. The first-order valence-electron chi connectivity index (χ1n) is 4.06. The standard InChI is InChI=1S/C9H16S/c1-8(10-2)9-6-4-3-5-7-9/h6,8H,3-5,7H2,1-2H3/t8-/m1/s1. The normalized spacial score (nSPS) is 22.0. The van der Waals surface area contributed by atoms with Gasteiger partial charge in [0, 0.05) is 5.25 Å². The monoisotopic (exact) mass is 156 g/mol. The van der Waals surface area contributed by atoms with Crippen molar-refractivity contribution in [1.29, 1.82) is 0 Å². The molecule has 0 unspecified atom stereocenters. The van der Waals surface area contributed by atoms with Gasteiger partial charge < -0.3 is 0 Å². The molecule has 0 fully saturated rings. The van der Waals surface area contributed by atoms with Crippen LogP contribution in [0.1, 0.15) is 32.6 Å². The molecule has 0 aromatic carbocycles. The first kappa shape index (κ1) is 8.19. The SMILES string of the molecule is CS[C@H](C)C1=CCCCC1. The second-order valence-electron chi connectivity index (χ2n) is 2.90. The predicted molar refractivity (Wildman–Crippen MR) is 49.5 cm³/mol. The lowest BCUT2D eigenvalue weighted by Crippen LogP contribution is -2.03. The maximum absolute atomic E-state index is 2.44. The Balaban J connectivity index is 2.44. The first-order valence-corrected chi connectivity index (χ1v) is 5.35. The lowest BCUT2D eigenvalue weighted by molar-refractivity contribution is 0.687. The molecule has 0 bridgehead atoms. The molecule has 0 amide bonds. The van der Waals surface area contributed by atoms with Gasteiger partial charge in [0.25, 0.3) is 0 Å². The molecule has 0 aromatic rings. The van der Waals surface area contributed by atoms with E-state index in [1.165, 1.54) is 25.7 Å². The summed E-state index contributed by atoms with van der Waals surface area (Å²) >= 11 is 1.96. The fourth-order valence-corrected chi connectivity index (χ4v) is 1.90. The van der Waals surface area contributed by atoms with Crippen LogP contribution in [0, 0.1) is 0 Å². The van der Waals surface area contributed by atoms with Gasteiger partial charge >= 0.3 is 0 Å². The van der Waals surface area contributed by atoms with E-state index < -0.39 is 0 Å². The summed E-state index contributed by atoms with van der Waals surface area (Å²) in [6, 6.07) is 0. The van der Waals surface area contributed by atoms with Crippen LogP contribution >= 0.6 is 11.8 Å². The van der Waals surface area contributed by atoms with Crippen molar-refractivity contribution in [2.24, 2.45) is 0 Å². The van der Waals surface area contributed by atoms with E-state index in [0.29, 0.717) is 0 Å². The summed E-state index contributed by atoms with van der Waals surface area (Å²) in [4.78, 5) is 0. The van der Waals surface area contributed by atoms with Gasteiger partial charge in [0.15, 0.2) is 0 Å². The third-order valence-electron chi connectivity index (χ3n) is 2.20. The van der Waals surface area contributed by atoms with E-state index in [1.807, 2.05) is 11.8 Å². The lowest BCUT2D eigenvalue weighted by atomic mass is 9.98. The summed E-state index contributed by atoms with van der Waals surface area (Å²) in [6.07, 6.45) is 10.1. The van der Waals surface area contributed by atoms with Crippen molar-refractivity contribution in [3.63, 3.8) is 0 Å². The van der Waals surface area contributed by atoms with E-state index >= 15 is 0 Å². The maximum atomic E-state index is 2.44. The van der Waals surface area contributed by atoms with Crippen molar-refractivity contribution in [3.05, 3.63) is 11.6 Å². The fraction of sp³-hybridized carbons (Fsp3) is 0.778. The molecule has 0 radical (unpaired) electrons. The molecule has 58 valence electrons. The molecule has 1 rings (SSSR count). The van der Waals surface area contributed by atoms with Gasteiger partial charge in [0.1, 0.15) is 0 Å². The summed E-state index contributed by atoms with van der Waals surface area (Å²) in [7, 11) is 0. The zero-order valence-electron chi connectivity index (χ0n) is 6.89. The van der Waals surface area contributed by atoms with Crippen LogP contribution in [0.4, 0.5) is 0 Å². The van der Waals surface area contributed by atoms with Crippen molar-refractivity contribution in [1.82, 2.24) is 0 Å². The molecule has 1 atom stereocenters. The summed E-state index contributed by atoms with van der Waals surface area (Å²) < 4.78 is 0. The number of rotatable bonds is 2. The molecule has 0 aliphatic heterocycles. The highest BCUT2D eigenvalue weighted by Crippen LogP contribution is 2.25. The van der Waals surface area contributed by atoms with Gasteiger partial charge in [-0.05, 0) is 38.9 Å². The van der Waals surface area contributed by atoms with Gasteiger partial charge in [-0.15, -0.1) is 0 Å². The van der Waals surface area contributed by atoms with E-state index in [2.05, 4.69) is 19.3 Å². The van der Waals surface area contributed by atoms with Crippen LogP contribution in [0.2, 0.25) is 0 Å². The van der Waals surface area contributed by atoms with E-state index in [4.69, 9.17) is 0 Å². The molecule has 0 aromatic heterocycles. The van der Waals surface area contributed by atoms with E-state index in [9.17, 15) is 0 Å². The average Bonchev–Trinajstić information content (AvgIpc) is 2.05. The first-order chi connectivity index (χ1) is 4.84. The van der Waals surface area contributed by atoms with Crippen LogP contribution < -0.4 is 0 Å². The molecular weight excluding hydrogens is 140 g/mol. The van der Waals surface area contributed by atoms with Gasteiger partial charge in [-0.25, -0.2) is 0 Å². The van der Waals surface area contributed by atoms with Crippen molar-refractivity contribution in [2.45, 2.75) is 37.9 Å². The van der Waals surface area contributed by atoms with Gasteiger partial charge in [-0.2, -0.15) is 11.8 Å². The van der Waals surface area contributed by atoms with Gasteiger partial charge in [0.05, 0.1) is 0 Å². The molecule has 1 heteroatoms. The summed E-state index contributed by atoms with van der Waals surface area (Å²) in [5.41, 5.74) is 1.68. The Bertz CT molecular complexity index is 127. The lowest BCUT2D eigenvalue weighted by Gasteiger charge is -2.17. The third kappa shape index (κ3) is 2.05. The van der Waals surface area contributed by atoms with Crippen LogP contribution in [-0.2, 0) is 0 Å². The van der Waals surface area contributed by atoms with Gasteiger partial charge in [-0.3, -0.25) is 0 Å². The molecule has 10 heavy (non-hydrogen) atoms. The Morgan fingerprint density at radius 2 is 2.30 bits per heavy atom.